The summed E-state index contributed by atoms with van der Waals surface area (Å²) < 4.78 is 1.75. The van der Waals surface area contributed by atoms with Crippen molar-refractivity contribution < 1.29 is 0 Å². The molecule has 0 radical (unpaired) electrons. The van der Waals surface area contributed by atoms with Gasteiger partial charge in [0.15, 0.2) is 5.95 Å². The number of H-pyrrole nitrogens is 2. The Labute approximate surface area is 149 Å². The number of hydrogen-bond acceptors (Lipinski definition) is 5. The summed E-state index contributed by atoms with van der Waals surface area (Å²) in [7, 11) is 0. The second-order valence-electron chi connectivity index (χ2n) is 5.06. The van der Waals surface area contributed by atoms with E-state index < -0.39 is 0 Å². The number of rotatable bonds is 4. The highest BCUT2D eigenvalue weighted by atomic mass is 35.5. The van der Waals surface area contributed by atoms with Crippen molar-refractivity contribution in [3.63, 3.8) is 0 Å². The molecule has 24 heavy (non-hydrogen) atoms. The molecule has 0 saturated heterocycles. The largest absolute Gasteiger partial charge is 0.369 e. The van der Waals surface area contributed by atoms with Gasteiger partial charge in [0.2, 0.25) is 0 Å². The van der Waals surface area contributed by atoms with E-state index in [-0.39, 0.29) is 24.8 Å². The van der Waals surface area contributed by atoms with Gasteiger partial charge in [-0.1, -0.05) is 17.3 Å². The van der Waals surface area contributed by atoms with Crippen molar-refractivity contribution in [3.8, 4) is 0 Å². The highest BCUT2D eigenvalue weighted by Gasteiger charge is 2.07. The number of anilines is 1. The van der Waals surface area contributed by atoms with Gasteiger partial charge in [-0.05, 0) is 12.1 Å². The van der Waals surface area contributed by atoms with E-state index in [9.17, 15) is 0 Å². The number of para-hydroxylation sites is 2. The van der Waals surface area contributed by atoms with Crippen molar-refractivity contribution in [2.45, 2.75) is 13.0 Å². The van der Waals surface area contributed by atoms with Gasteiger partial charge in [-0.25, -0.2) is 14.6 Å². The van der Waals surface area contributed by atoms with Crippen molar-refractivity contribution in [1.29, 1.82) is 0 Å². The van der Waals surface area contributed by atoms with Gasteiger partial charge >= 0.3 is 0 Å². The molecule has 0 fully saturated rings. The van der Waals surface area contributed by atoms with Crippen LogP contribution in [0, 0.1) is 0 Å². The Balaban J connectivity index is 0.00000104. The standard InChI is InChI=1S/C14H14N8.2ClH/c15-14-16-6-9(17-14)5-10-7-22(21-20-10)8-13-18-11-3-1-2-4-12(11)19-13;;/h1-4,6-7H,5,8H2,(H,18,19)(H3,15,16,17);2*1H. The Morgan fingerprint density at radius 1 is 1.08 bits per heavy atom. The van der Waals surface area contributed by atoms with Gasteiger partial charge in [0.1, 0.15) is 12.4 Å². The van der Waals surface area contributed by atoms with E-state index in [0.29, 0.717) is 18.9 Å². The summed E-state index contributed by atoms with van der Waals surface area (Å²) in [6.45, 7) is 0.546. The summed E-state index contributed by atoms with van der Waals surface area (Å²) in [6, 6.07) is 7.92. The summed E-state index contributed by atoms with van der Waals surface area (Å²) in [5.74, 6) is 1.26. The molecule has 0 aliphatic heterocycles. The van der Waals surface area contributed by atoms with Crippen LogP contribution < -0.4 is 5.73 Å². The van der Waals surface area contributed by atoms with Crippen LogP contribution >= 0.6 is 24.8 Å². The molecule has 4 aromatic rings. The molecule has 126 valence electrons. The Morgan fingerprint density at radius 3 is 2.67 bits per heavy atom. The minimum atomic E-state index is 0. The predicted molar refractivity (Wildman–Crippen MR) is 95.5 cm³/mol. The molecule has 0 aliphatic rings. The molecule has 0 amide bonds. The molecule has 1 aromatic carbocycles. The van der Waals surface area contributed by atoms with Crippen LogP contribution in [0.25, 0.3) is 11.0 Å². The lowest BCUT2D eigenvalue weighted by molar-refractivity contribution is 0.630. The summed E-state index contributed by atoms with van der Waals surface area (Å²) in [4.78, 5) is 14.8. The van der Waals surface area contributed by atoms with Crippen LogP contribution in [0.5, 0.6) is 0 Å². The summed E-state index contributed by atoms with van der Waals surface area (Å²) >= 11 is 0. The molecule has 0 unspecified atom stereocenters. The number of halogens is 2. The van der Waals surface area contributed by atoms with Crippen LogP contribution in [0.15, 0.2) is 36.7 Å². The average molecular weight is 367 g/mol. The Hall–Kier alpha value is -2.58. The Bertz CT molecular complexity index is 893. The lowest BCUT2D eigenvalue weighted by Crippen LogP contribution is -2.02. The van der Waals surface area contributed by atoms with E-state index in [4.69, 9.17) is 5.73 Å². The third-order valence-corrected chi connectivity index (χ3v) is 3.35. The molecule has 8 nitrogen and oxygen atoms in total. The van der Waals surface area contributed by atoms with E-state index in [2.05, 4.69) is 30.2 Å². The van der Waals surface area contributed by atoms with Crippen LogP contribution in [-0.2, 0) is 13.0 Å². The number of hydrogen-bond donors (Lipinski definition) is 3. The summed E-state index contributed by atoms with van der Waals surface area (Å²) in [6.07, 6.45) is 4.25. The number of aromatic nitrogens is 7. The van der Waals surface area contributed by atoms with Gasteiger partial charge in [-0.2, -0.15) is 0 Å². The molecule has 4 N–H and O–H groups in total. The van der Waals surface area contributed by atoms with E-state index in [1.807, 2.05) is 30.5 Å². The quantitative estimate of drug-likeness (QED) is 0.510. The van der Waals surface area contributed by atoms with Gasteiger partial charge in [-0.3, -0.25) is 0 Å². The number of nitrogens with two attached hydrogens (primary N) is 1. The highest BCUT2D eigenvalue weighted by Crippen LogP contribution is 2.11. The number of nitrogens with zero attached hydrogens (tertiary/aromatic N) is 5. The first-order valence-corrected chi connectivity index (χ1v) is 6.89. The van der Waals surface area contributed by atoms with Gasteiger partial charge < -0.3 is 15.7 Å². The zero-order valence-corrected chi connectivity index (χ0v) is 14.1. The smallest absolute Gasteiger partial charge is 0.197 e. The fourth-order valence-electron chi connectivity index (χ4n) is 2.38. The summed E-state index contributed by atoms with van der Waals surface area (Å²) in [5, 5.41) is 8.27. The van der Waals surface area contributed by atoms with Crippen molar-refractivity contribution >= 4 is 41.8 Å². The topological polar surface area (TPSA) is 114 Å². The maximum absolute atomic E-state index is 5.56. The number of aromatic amines is 2. The number of fused-ring (bicyclic) bond motifs is 1. The normalized spacial score (nSPS) is 10.3. The maximum atomic E-state index is 5.56. The van der Waals surface area contributed by atoms with E-state index in [1.54, 1.807) is 10.9 Å². The van der Waals surface area contributed by atoms with Crippen LogP contribution in [0.3, 0.4) is 0 Å². The zero-order valence-electron chi connectivity index (χ0n) is 12.5. The molecule has 4 rings (SSSR count). The molecule has 0 atom stereocenters. The number of nitrogens with one attached hydrogen (secondary N) is 2. The first-order valence-electron chi connectivity index (χ1n) is 6.89. The molecule has 0 saturated carbocycles. The monoisotopic (exact) mass is 366 g/mol. The van der Waals surface area contributed by atoms with E-state index >= 15 is 0 Å². The first-order chi connectivity index (χ1) is 10.8. The van der Waals surface area contributed by atoms with Crippen LogP contribution in [0.1, 0.15) is 17.2 Å². The van der Waals surface area contributed by atoms with Gasteiger partial charge in [0.25, 0.3) is 0 Å². The SMILES string of the molecule is Cl.Cl.Nc1nc(Cc2cn(Cc3nc4ccccc4[nH]3)nn2)c[nH]1. The fraction of sp³-hybridized carbons (Fsp3) is 0.143. The van der Waals surface area contributed by atoms with Gasteiger partial charge in [0, 0.05) is 18.8 Å². The molecular formula is C14H16Cl2N8. The predicted octanol–water partition coefficient (Wildman–Crippen LogP) is 1.94. The van der Waals surface area contributed by atoms with Crippen LogP contribution in [-0.4, -0.2) is 34.9 Å². The minimum Gasteiger partial charge on any atom is -0.369 e. The minimum absolute atomic E-state index is 0. The zero-order chi connectivity index (χ0) is 14.9. The molecule has 3 aromatic heterocycles. The van der Waals surface area contributed by atoms with E-state index in [1.165, 1.54) is 0 Å². The van der Waals surface area contributed by atoms with Crippen molar-refractivity contribution in [3.05, 3.63) is 53.9 Å². The first kappa shape index (κ1) is 17.8. The van der Waals surface area contributed by atoms with Crippen molar-refractivity contribution in [2.24, 2.45) is 0 Å². The third kappa shape index (κ3) is 3.66. The second kappa shape index (κ2) is 7.33. The molecular weight excluding hydrogens is 351 g/mol. The fourth-order valence-corrected chi connectivity index (χ4v) is 2.38. The lowest BCUT2D eigenvalue weighted by atomic mass is 10.3. The lowest BCUT2D eigenvalue weighted by Gasteiger charge is -1.94. The van der Waals surface area contributed by atoms with Crippen molar-refractivity contribution in [2.75, 3.05) is 5.73 Å². The van der Waals surface area contributed by atoms with E-state index in [0.717, 1.165) is 28.2 Å². The molecule has 3 heterocycles. The van der Waals surface area contributed by atoms with Crippen LogP contribution in [0.4, 0.5) is 5.95 Å². The molecule has 0 aliphatic carbocycles. The summed E-state index contributed by atoms with van der Waals surface area (Å²) in [5.41, 5.74) is 9.20. The number of benzene rings is 1. The third-order valence-electron chi connectivity index (χ3n) is 3.35. The maximum Gasteiger partial charge on any atom is 0.197 e. The average Bonchev–Trinajstić information content (AvgIpc) is 3.20. The number of imidazole rings is 2. The number of nitrogen functional groups attached to an aromatic ring is 1. The van der Waals surface area contributed by atoms with Gasteiger partial charge in [-0.15, -0.1) is 29.9 Å². The Kier molecular flexibility index (Phi) is 5.42. The van der Waals surface area contributed by atoms with Crippen molar-refractivity contribution in [1.82, 2.24) is 34.9 Å². The molecule has 10 heteroatoms. The Morgan fingerprint density at radius 2 is 1.92 bits per heavy atom. The highest BCUT2D eigenvalue weighted by molar-refractivity contribution is 5.85. The molecule has 0 bridgehead atoms. The van der Waals surface area contributed by atoms with Gasteiger partial charge in [0.05, 0.1) is 22.4 Å². The van der Waals surface area contributed by atoms with Crippen LogP contribution in [0.2, 0.25) is 0 Å². The molecule has 0 spiro atoms. The second-order valence-corrected chi connectivity index (χ2v) is 5.06.